The molecule has 8 nitrogen and oxygen atoms in total. The standard InChI is InChI=1S/C26H26N4O4/c31-22-15-20(4-1-19-2-5-21(6-3-19)16-29-11-13-34-14-12-29)7-10-30(22)17-26(8-9-26)24-23(32)25(33)28-18-27-24/h2-3,5-7,10,15,18,32H,8-9,11-14,16-17H2,(H,27,28,33). The summed E-state index contributed by atoms with van der Waals surface area (Å²) in [5, 5.41) is 10.1. The fourth-order valence-corrected chi connectivity index (χ4v) is 4.30. The number of morpholine rings is 1. The number of hydrogen-bond donors (Lipinski definition) is 2. The molecule has 1 aliphatic heterocycles. The van der Waals surface area contributed by atoms with Gasteiger partial charge in [-0.2, -0.15) is 0 Å². The molecule has 1 saturated carbocycles. The Bertz CT molecular complexity index is 1350. The van der Waals surface area contributed by atoms with E-state index in [9.17, 15) is 14.7 Å². The lowest BCUT2D eigenvalue weighted by Crippen LogP contribution is -2.35. The lowest BCUT2D eigenvalue weighted by Gasteiger charge is -2.26. The third-order valence-corrected chi connectivity index (χ3v) is 6.47. The molecule has 5 rings (SSSR count). The van der Waals surface area contributed by atoms with Crippen LogP contribution >= 0.6 is 0 Å². The van der Waals surface area contributed by atoms with Gasteiger partial charge in [-0.1, -0.05) is 24.0 Å². The van der Waals surface area contributed by atoms with Crippen LogP contribution in [0.15, 0.2) is 58.5 Å². The Balaban J connectivity index is 1.26. The van der Waals surface area contributed by atoms with Gasteiger partial charge in [0, 0.05) is 55.0 Å². The molecule has 0 unspecified atom stereocenters. The van der Waals surface area contributed by atoms with Gasteiger partial charge in [0.05, 0.1) is 25.2 Å². The Morgan fingerprint density at radius 3 is 2.50 bits per heavy atom. The van der Waals surface area contributed by atoms with Crippen molar-refractivity contribution < 1.29 is 9.84 Å². The summed E-state index contributed by atoms with van der Waals surface area (Å²) in [6, 6.07) is 11.5. The Morgan fingerprint density at radius 1 is 1.06 bits per heavy atom. The fraction of sp³-hybridized carbons (Fsp3) is 0.346. The number of aromatic amines is 1. The summed E-state index contributed by atoms with van der Waals surface area (Å²) in [4.78, 5) is 33.3. The number of pyridine rings is 1. The van der Waals surface area contributed by atoms with Crippen molar-refractivity contribution in [3.63, 3.8) is 0 Å². The number of ether oxygens (including phenoxy) is 1. The molecule has 2 N–H and O–H groups in total. The minimum Gasteiger partial charge on any atom is -0.502 e. The van der Waals surface area contributed by atoms with E-state index in [-0.39, 0.29) is 11.3 Å². The summed E-state index contributed by atoms with van der Waals surface area (Å²) in [5.74, 6) is 5.83. The Kier molecular flexibility index (Phi) is 6.05. The number of nitrogens with zero attached hydrogens (tertiary/aromatic N) is 3. The normalized spacial score (nSPS) is 17.1. The third-order valence-electron chi connectivity index (χ3n) is 6.47. The number of H-pyrrole nitrogens is 1. The summed E-state index contributed by atoms with van der Waals surface area (Å²) < 4.78 is 6.98. The molecule has 0 atom stereocenters. The first-order valence-corrected chi connectivity index (χ1v) is 11.4. The maximum atomic E-state index is 12.7. The van der Waals surface area contributed by atoms with Gasteiger partial charge < -0.3 is 19.4 Å². The third kappa shape index (κ3) is 4.81. The molecular formula is C26H26N4O4. The summed E-state index contributed by atoms with van der Waals surface area (Å²) in [7, 11) is 0. The van der Waals surface area contributed by atoms with E-state index in [1.807, 2.05) is 18.2 Å². The largest absolute Gasteiger partial charge is 0.502 e. The fourth-order valence-electron chi connectivity index (χ4n) is 4.30. The van der Waals surface area contributed by atoms with Crippen LogP contribution in [0, 0.1) is 11.8 Å². The van der Waals surface area contributed by atoms with Crippen LogP contribution in [0.4, 0.5) is 0 Å². The zero-order valence-electron chi connectivity index (χ0n) is 18.8. The van der Waals surface area contributed by atoms with Crippen molar-refractivity contribution in [1.82, 2.24) is 19.4 Å². The Hall–Kier alpha value is -3.67. The van der Waals surface area contributed by atoms with Gasteiger partial charge in [-0.05, 0) is 36.6 Å². The van der Waals surface area contributed by atoms with E-state index in [2.05, 4.69) is 38.8 Å². The second kappa shape index (κ2) is 9.29. The molecule has 0 radical (unpaired) electrons. The van der Waals surface area contributed by atoms with Gasteiger partial charge in [0.2, 0.25) is 5.75 Å². The minimum atomic E-state index is -0.566. The van der Waals surface area contributed by atoms with Crippen molar-refractivity contribution in [3.05, 3.63) is 92.0 Å². The first-order valence-electron chi connectivity index (χ1n) is 11.4. The maximum absolute atomic E-state index is 12.7. The molecule has 2 aromatic heterocycles. The van der Waals surface area contributed by atoms with E-state index < -0.39 is 11.0 Å². The van der Waals surface area contributed by atoms with Crippen LogP contribution in [0.2, 0.25) is 0 Å². The van der Waals surface area contributed by atoms with Gasteiger partial charge in [0.1, 0.15) is 0 Å². The second-order valence-electron chi connectivity index (χ2n) is 8.93. The van der Waals surface area contributed by atoms with E-state index in [0.29, 0.717) is 17.8 Å². The first kappa shape index (κ1) is 22.1. The van der Waals surface area contributed by atoms with Crippen LogP contribution < -0.4 is 11.1 Å². The number of hydrogen-bond acceptors (Lipinski definition) is 6. The molecule has 2 aliphatic rings. The molecule has 8 heteroatoms. The van der Waals surface area contributed by atoms with Crippen LogP contribution in [-0.4, -0.2) is 50.8 Å². The zero-order chi connectivity index (χ0) is 23.5. The first-order chi connectivity index (χ1) is 16.5. The highest BCUT2D eigenvalue weighted by molar-refractivity contribution is 5.43. The highest BCUT2D eigenvalue weighted by atomic mass is 16.5. The van der Waals surface area contributed by atoms with E-state index in [4.69, 9.17) is 4.74 Å². The van der Waals surface area contributed by atoms with Gasteiger partial charge in [0.15, 0.2) is 0 Å². The molecular weight excluding hydrogens is 432 g/mol. The molecule has 1 saturated heterocycles. The van der Waals surface area contributed by atoms with Crippen molar-refractivity contribution in [1.29, 1.82) is 0 Å². The molecule has 1 aliphatic carbocycles. The van der Waals surface area contributed by atoms with E-state index in [0.717, 1.165) is 51.3 Å². The highest BCUT2D eigenvalue weighted by Gasteiger charge is 2.48. The van der Waals surface area contributed by atoms with Gasteiger partial charge in [-0.3, -0.25) is 14.5 Å². The molecule has 1 aromatic carbocycles. The number of aromatic nitrogens is 3. The molecule has 3 aromatic rings. The lowest BCUT2D eigenvalue weighted by atomic mass is 10.0. The topological polar surface area (TPSA) is 100 Å². The maximum Gasteiger partial charge on any atom is 0.293 e. The predicted octanol–water partition coefficient (Wildman–Crippen LogP) is 1.60. The number of benzene rings is 1. The van der Waals surface area contributed by atoms with Gasteiger partial charge >= 0.3 is 0 Å². The average molecular weight is 459 g/mol. The van der Waals surface area contributed by atoms with E-state index in [1.54, 1.807) is 10.8 Å². The monoisotopic (exact) mass is 458 g/mol. The smallest absolute Gasteiger partial charge is 0.293 e. The van der Waals surface area contributed by atoms with Crippen LogP contribution in [0.1, 0.15) is 35.2 Å². The number of rotatable bonds is 5. The molecule has 34 heavy (non-hydrogen) atoms. The molecule has 174 valence electrons. The van der Waals surface area contributed by atoms with E-state index >= 15 is 0 Å². The zero-order valence-corrected chi connectivity index (χ0v) is 18.8. The van der Waals surface area contributed by atoms with Gasteiger partial charge in [0.25, 0.3) is 11.1 Å². The van der Waals surface area contributed by atoms with E-state index in [1.165, 1.54) is 18.0 Å². The van der Waals surface area contributed by atoms with Crippen molar-refractivity contribution >= 4 is 0 Å². The van der Waals surface area contributed by atoms with Crippen LogP contribution in [0.5, 0.6) is 5.75 Å². The summed E-state index contributed by atoms with van der Waals surface area (Å²) in [6.07, 6.45) is 4.51. The molecule has 3 heterocycles. The SMILES string of the molecule is O=c1[nH]cnc(C2(Cn3ccc(C#Cc4ccc(CN5CCOCC5)cc4)cc3=O)CC2)c1O. The summed E-state index contributed by atoms with van der Waals surface area (Å²) >= 11 is 0. The lowest BCUT2D eigenvalue weighted by molar-refractivity contribution is 0.0342. The van der Waals surface area contributed by atoms with Gasteiger partial charge in [-0.25, -0.2) is 4.98 Å². The van der Waals surface area contributed by atoms with Gasteiger partial charge in [-0.15, -0.1) is 0 Å². The number of aromatic hydroxyl groups is 1. The quantitative estimate of drug-likeness (QED) is 0.564. The average Bonchev–Trinajstić information content (AvgIpc) is 3.63. The van der Waals surface area contributed by atoms with Crippen molar-refractivity contribution in [2.24, 2.45) is 0 Å². The molecule has 0 bridgehead atoms. The minimum absolute atomic E-state index is 0.178. The number of nitrogens with one attached hydrogen (secondary N) is 1. The van der Waals surface area contributed by atoms with Crippen LogP contribution in [-0.2, 0) is 23.2 Å². The van der Waals surface area contributed by atoms with Crippen molar-refractivity contribution in [2.75, 3.05) is 26.3 Å². The Labute approximate surface area is 196 Å². The van der Waals surface area contributed by atoms with Crippen molar-refractivity contribution in [3.8, 4) is 17.6 Å². The predicted molar refractivity (Wildman–Crippen MR) is 127 cm³/mol. The van der Waals surface area contributed by atoms with Crippen LogP contribution in [0.25, 0.3) is 0 Å². The van der Waals surface area contributed by atoms with Crippen LogP contribution in [0.3, 0.4) is 0 Å². The summed E-state index contributed by atoms with van der Waals surface area (Å²) in [6.45, 7) is 4.74. The summed E-state index contributed by atoms with van der Waals surface area (Å²) in [5.41, 5.74) is 1.89. The second-order valence-corrected chi connectivity index (χ2v) is 8.93. The molecule has 0 spiro atoms. The van der Waals surface area contributed by atoms with Crippen molar-refractivity contribution in [2.45, 2.75) is 31.3 Å². The highest BCUT2D eigenvalue weighted by Crippen LogP contribution is 2.50. The molecule has 0 amide bonds. The molecule has 2 fully saturated rings. The Morgan fingerprint density at radius 2 is 1.79 bits per heavy atom.